The first kappa shape index (κ1) is 17.2. The first-order valence-electron chi connectivity index (χ1n) is 8.05. The zero-order valence-corrected chi connectivity index (χ0v) is 15.2. The second-order valence-electron chi connectivity index (χ2n) is 5.89. The molecule has 128 valence electrons. The summed E-state index contributed by atoms with van der Waals surface area (Å²) in [5, 5.41) is 2.99. The summed E-state index contributed by atoms with van der Waals surface area (Å²) in [6, 6.07) is 12.0. The average molecular weight is 393 g/mol. The Morgan fingerprint density at radius 1 is 1.21 bits per heavy atom. The van der Waals surface area contributed by atoms with Crippen LogP contribution in [0.5, 0.6) is 0 Å². The molecule has 1 saturated heterocycles. The summed E-state index contributed by atoms with van der Waals surface area (Å²) in [7, 11) is 0. The van der Waals surface area contributed by atoms with E-state index in [2.05, 4.69) is 57.3 Å². The van der Waals surface area contributed by atoms with Gasteiger partial charge in [-0.25, -0.2) is 0 Å². The molecule has 3 rings (SSSR count). The number of morpholine rings is 1. The third kappa shape index (κ3) is 4.26. The van der Waals surface area contributed by atoms with E-state index in [9.17, 15) is 4.79 Å². The van der Waals surface area contributed by atoms with Crippen LogP contribution in [0.2, 0.25) is 0 Å². The summed E-state index contributed by atoms with van der Waals surface area (Å²) in [5.74, 6) is 0.109. The summed E-state index contributed by atoms with van der Waals surface area (Å²) < 4.78 is 11.3. The van der Waals surface area contributed by atoms with Gasteiger partial charge in [0.1, 0.15) is 0 Å². The number of nitrogens with zero attached hydrogens (tertiary/aromatic N) is 1. The Labute approximate surface area is 150 Å². The van der Waals surface area contributed by atoms with E-state index in [1.54, 1.807) is 12.1 Å². The van der Waals surface area contributed by atoms with E-state index in [4.69, 9.17) is 9.15 Å². The van der Waals surface area contributed by atoms with Gasteiger partial charge in [0.05, 0.1) is 19.3 Å². The number of hydrogen-bond acceptors (Lipinski definition) is 4. The largest absolute Gasteiger partial charge is 0.444 e. The van der Waals surface area contributed by atoms with Crippen LogP contribution < -0.4 is 5.32 Å². The minimum atomic E-state index is -0.203. The molecular weight excluding hydrogens is 372 g/mol. The van der Waals surface area contributed by atoms with Crippen molar-refractivity contribution in [3.05, 3.63) is 58.0 Å². The van der Waals surface area contributed by atoms with E-state index in [0.29, 0.717) is 17.0 Å². The number of amides is 1. The number of ether oxygens (including phenoxy) is 1. The number of halogens is 1. The Balaban J connectivity index is 1.71. The Kier molecular flexibility index (Phi) is 5.71. The molecule has 1 aliphatic heterocycles. The van der Waals surface area contributed by atoms with Crippen LogP contribution in [0, 0.1) is 6.92 Å². The molecule has 0 radical (unpaired) electrons. The van der Waals surface area contributed by atoms with Crippen LogP contribution in [0.15, 0.2) is 45.5 Å². The minimum Gasteiger partial charge on any atom is -0.444 e. The van der Waals surface area contributed by atoms with Crippen molar-refractivity contribution in [2.24, 2.45) is 0 Å². The topological polar surface area (TPSA) is 54.7 Å². The fraction of sp³-hybridized carbons (Fsp3) is 0.389. The number of carbonyl (C=O) groups is 1. The van der Waals surface area contributed by atoms with Gasteiger partial charge in [-0.2, -0.15) is 0 Å². The Hall–Kier alpha value is -1.63. The first-order valence-corrected chi connectivity index (χ1v) is 8.84. The summed E-state index contributed by atoms with van der Waals surface area (Å²) in [6.45, 7) is 5.77. The average Bonchev–Trinajstić information content (AvgIpc) is 3.04. The maximum absolute atomic E-state index is 12.3. The number of carbonyl (C=O) groups excluding carboxylic acids is 1. The van der Waals surface area contributed by atoms with E-state index in [1.165, 1.54) is 11.1 Å². The molecule has 1 amide bonds. The molecule has 24 heavy (non-hydrogen) atoms. The molecule has 0 bridgehead atoms. The van der Waals surface area contributed by atoms with Crippen molar-refractivity contribution in [2.75, 3.05) is 32.8 Å². The van der Waals surface area contributed by atoms with Crippen LogP contribution in [-0.4, -0.2) is 43.7 Å². The van der Waals surface area contributed by atoms with Crippen LogP contribution in [0.1, 0.15) is 27.7 Å². The molecule has 1 N–H and O–H groups in total. The van der Waals surface area contributed by atoms with E-state index in [-0.39, 0.29) is 11.9 Å². The normalized spacial score (nSPS) is 16.8. The quantitative estimate of drug-likeness (QED) is 0.848. The van der Waals surface area contributed by atoms with Gasteiger partial charge in [0.15, 0.2) is 10.4 Å². The molecule has 0 aliphatic carbocycles. The van der Waals surface area contributed by atoms with Crippen LogP contribution in [0.4, 0.5) is 0 Å². The van der Waals surface area contributed by atoms with Crippen LogP contribution in [0.25, 0.3) is 0 Å². The van der Waals surface area contributed by atoms with E-state index in [0.717, 1.165) is 26.3 Å². The fourth-order valence-electron chi connectivity index (χ4n) is 2.85. The molecule has 2 aromatic rings. The number of nitrogens with one attached hydrogen (secondary N) is 1. The number of hydrogen-bond donors (Lipinski definition) is 1. The Morgan fingerprint density at radius 2 is 1.92 bits per heavy atom. The summed E-state index contributed by atoms with van der Waals surface area (Å²) in [6.07, 6.45) is 0. The number of aryl methyl sites for hydroxylation is 1. The molecule has 2 heterocycles. The van der Waals surface area contributed by atoms with Gasteiger partial charge in [-0.1, -0.05) is 29.8 Å². The van der Waals surface area contributed by atoms with Crippen molar-refractivity contribution in [2.45, 2.75) is 13.0 Å². The van der Waals surface area contributed by atoms with Crippen molar-refractivity contribution in [3.8, 4) is 0 Å². The van der Waals surface area contributed by atoms with Gasteiger partial charge >= 0.3 is 0 Å². The van der Waals surface area contributed by atoms with Crippen molar-refractivity contribution in [1.29, 1.82) is 0 Å². The van der Waals surface area contributed by atoms with E-state index < -0.39 is 0 Å². The van der Waals surface area contributed by atoms with Crippen molar-refractivity contribution in [3.63, 3.8) is 0 Å². The second kappa shape index (κ2) is 7.96. The zero-order chi connectivity index (χ0) is 16.9. The highest BCUT2D eigenvalue weighted by molar-refractivity contribution is 9.10. The third-order valence-corrected chi connectivity index (χ3v) is 4.63. The fourth-order valence-corrected chi connectivity index (χ4v) is 3.15. The monoisotopic (exact) mass is 392 g/mol. The maximum Gasteiger partial charge on any atom is 0.287 e. The van der Waals surface area contributed by atoms with Crippen LogP contribution >= 0.6 is 15.9 Å². The number of furan rings is 1. The van der Waals surface area contributed by atoms with Crippen LogP contribution in [-0.2, 0) is 4.74 Å². The van der Waals surface area contributed by atoms with Crippen molar-refractivity contribution < 1.29 is 13.9 Å². The molecular formula is C18H21BrN2O3. The Bertz CT molecular complexity index is 678. The van der Waals surface area contributed by atoms with Gasteiger partial charge in [-0.15, -0.1) is 0 Å². The minimum absolute atomic E-state index is 0.122. The smallest absolute Gasteiger partial charge is 0.287 e. The molecule has 1 aromatic heterocycles. The van der Waals surface area contributed by atoms with Crippen LogP contribution in [0.3, 0.4) is 0 Å². The number of benzene rings is 1. The van der Waals surface area contributed by atoms with E-state index >= 15 is 0 Å². The molecule has 6 heteroatoms. The molecule has 0 saturated carbocycles. The van der Waals surface area contributed by atoms with Gasteiger partial charge in [0, 0.05) is 19.6 Å². The molecule has 1 aliphatic rings. The lowest BCUT2D eigenvalue weighted by Crippen LogP contribution is -2.43. The highest BCUT2D eigenvalue weighted by Gasteiger charge is 2.23. The van der Waals surface area contributed by atoms with Gasteiger partial charge in [0.2, 0.25) is 0 Å². The van der Waals surface area contributed by atoms with Gasteiger partial charge in [0.25, 0.3) is 5.91 Å². The summed E-state index contributed by atoms with van der Waals surface area (Å²) in [4.78, 5) is 14.6. The first-order chi connectivity index (χ1) is 11.6. The third-order valence-electron chi connectivity index (χ3n) is 4.20. The molecule has 1 fully saturated rings. The lowest BCUT2D eigenvalue weighted by atomic mass is 10.0. The van der Waals surface area contributed by atoms with Crippen molar-refractivity contribution in [1.82, 2.24) is 10.2 Å². The molecule has 0 spiro atoms. The lowest BCUT2D eigenvalue weighted by molar-refractivity contribution is 0.0161. The predicted molar refractivity (Wildman–Crippen MR) is 95.1 cm³/mol. The van der Waals surface area contributed by atoms with E-state index in [1.807, 2.05) is 0 Å². The predicted octanol–water partition coefficient (Wildman–Crippen LogP) is 3.15. The lowest BCUT2D eigenvalue weighted by Gasteiger charge is -2.35. The van der Waals surface area contributed by atoms with Crippen molar-refractivity contribution >= 4 is 21.8 Å². The molecule has 5 nitrogen and oxygen atoms in total. The zero-order valence-electron chi connectivity index (χ0n) is 13.6. The Morgan fingerprint density at radius 3 is 2.54 bits per heavy atom. The number of rotatable bonds is 5. The van der Waals surface area contributed by atoms with Gasteiger partial charge in [-0.3, -0.25) is 9.69 Å². The molecule has 1 aromatic carbocycles. The summed E-state index contributed by atoms with van der Waals surface area (Å²) in [5.41, 5.74) is 2.42. The second-order valence-corrected chi connectivity index (χ2v) is 6.67. The summed E-state index contributed by atoms with van der Waals surface area (Å²) >= 11 is 3.22. The molecule has 0 unspecified atom stereocenters. The van der Waals surface area contributed by atoms with Gasteiger partial charge in [-0.05, 0) is 40.5 Å². The molecule has 1 atom stereocenters. The standard InChI is InChI=1S/C18H21BrN2O3/c1-13-2-4-14(5-3-13)15(21-8-10-23-11-9-21)12-20-18(22)16-6-7-17(19)24-16/h2-7,15H,8-12H2,1H3,(H,20,22)/t15-/m1/s1. The SMILES string of the molecule is Cc1ccc([C@@H](CNC(=O)c2ccc(Br)o2)N2CCOCC2)cc1. The highest BCUT2D eigenvalue weighted by Crippen LogP contribution is 2.22. The highest BCUT2D eigenvalue weighted by atomic mass is 79.9. The van der Waals surface area contributed by atoms with Gasteiger partial charge < -0.3 is 14.5 Å². The maximum atomic E-state index is 12.3.